The largest absolute Gasteiger partial charge is 0.452 e. The predicted octanol–water partition coefficient (Wildman–Crippen LogP) is 3.15. The average Bonchev–Trinajstić information content (AvgIpc) is 3.10. The number of carbonyl (C=O) groups is 3. The maximum absolute atomic E-state index is 12.8. The molecule has 1 saturated heterocycles. The molecule has 2 amide bonds. The Hall–Kier alpha value is -2.57. The highest BCUT2D eigenvalue weighted by molar-refractivity contribution is 5.99. The molecule has 0 aromatic heterocycles. The van der Waals surface area contributed by atoms with Gasteiger partial charge in [0, 0.05) is 25.3 Å². The van der Waals surface area contributed by atoms with E-state index in [9.17, 15) is 14.4 Å². The maximum atomic E-state index is 12.8. The topological polar surface area (TPSA) is 76.1 Å². The van der Waals surface area contributed by atoms with Crippen molar-refractivity contribution in [2.24, 2.45) is 5.92 Å². The van der Waals surface area contributed by atoms with E-state index in [1.807, 2.05) is 45.0 Å². The van der Waals surface area contributed by atoms with Crippen LogP contribution in [0.3, 0.4) is 0 Å². The molecule has 2 aliphatic rings. The second kappa shape index (κ2) is 8.43. The van der Waals surface area contributed by atoms with Crippen LogP contribution in [0.25, 0.3) is 0 Å². The highest BCUT2D eigenvalue weighted by Gasteiger charge is 2.34. The van der Waals surface area contributed by atoms with E-state index < -0.39 is 11.7 Å². The van der Waals surface area contributed by atoms with Crippen LogP contribution in [0, 0.1) is 5.92 Å². The summed E-state index contributed by atoms with van der Waals surface area (Å²) in [5.41, 5.74) is 1.48. The number of fused-ring (bicyclic) bond motifs is 1. The van der Waals surface area contributed by atoms with Crippen LogP contribution >= 0.6 is 0 Å². The number of carbonyl (C=O) groups excluding carboxylic acids is 3. The van der Waals surface area contributed by atoms with Gasteiger partial charge in [-0.15, -0.1) is 0 Å². The Morgan fingerprint density at radius 2 is 1.72 bits per heavy atom. The van der Waals surface area contributed by atoms with Crippen LogP contribution in [0.5, 0.6) is 0 Å². The molecular formula is C22H30N2O5. The normalized spacial score (nSPS) is 18.2. The van der Waals surface area contributed by atoms with Crippen molar-refractivity contribution in [3.05, 3.63) is 29.8 Å². The molecule has 1 fully saturated rings. The van der Waals surface area contributed by atoms with E-state index in [1.54, 1.807) is 16.7 Å². The van der Waals surface area contributed by atoms with Gasteiger partial charge in [-0.3, -0.25) is 9.59 Å². The molecule has 1 aromatic carbocycles. The number of likely N-dealkylation sites (tertiary alicyclic amines) is 1. The predicted molar refractivity (Wildman–Crippen MR) is 109 cm³/mol. The summed E-state index contributed by atoms with van der Waals surface area (Å²) in [6.45, 7) is 8.59. The third-order valence-corrected chi connectivity index (χ3v) is 5.27. The lowest BCUT2D eigenvalue weighted by atomic mass is 9.97. The Morgan fingerprint density at radius 1 is 1.07 bits per heavy atom. The molecular weight excluding hydrogens is 372 g/mol. The quantitative estimate of drug-likeness (QED) is 0.726. The molecule has 0 spiro atoms. The summed E-state index contributed by atoms with van der Waals surface area (Å²) in [6.07, 6.45) is 0.626. The number of para-hydroxylation sites is 1. The van der Waals surface area contributed by atoms with Crippen LogP contribution in [0.4, 0.5) is 10.5 Å². The van der Waals surface area contributed by atoms with Crippen molar-refractivity contribution < 1.29 is 23.9 Å². The summed E-state index contributed by atoms with van der Waals surface area (Å²) in [5, 5.41) is 0. The first-order valence-electron chi connectivity index (χ1n) is 10.2. The molecule has 1 aromatic rings. The van der Waals surface area contributed by atoms with Gasteiger partial charge >= 0.3 is 12.1 Å². The average molecular weight is 402 g/mol. The van der Waals surface area contributed by atoms with Gasteiger partial charge in [-0.25, -0.2) is 4.79 Å². The van der Waals surface area contributed by atoms with Crippen molar-refractivity contribution in [2.45, 2.75) is 58.7 Å². The van der Waals surface area contributed by atoms with Crippen LogP contribution in [0.15, 0.2) is 24.3 Å². The molecule has 7 nitrogen and oxygen atoms in total. The van der Waals surface area contributed by atoms with Crippen LogP contribution in [-0.2, 0) is 25.5 Å². The smallest absolute Gasteiger partial charge is 0.410 e. The molecule has 7 heteroatoms. The first-order chi connectivity index (χ1) is 13.7. The van der Waals surface area contributed by atoms with E-state index in [1.165, 1.54) is 0 Å². The Kier molecular flexibility index (Phi) is 6.15. The second-order valence-corrected chi connectivity index (χ2v) is 8.69. The number of rotatable bonds is 3. The molecule has 1 atom stereocenters. The zero-order valence-corrected chi connectivity index (χ0v) is 17.6. The number of nitrogens with zero attached hydrogens (tertiary/aromatic N) is 2. The summed E-state index contributed by atoms with van der Waals surface area (Å²) in [7, 11) is 0. The number of esters is 1. The van der Waals surface area contributed by atoms with Gasteiger partial charge < -0.3 is 19.3 Å². The molecule has 2 heterocycles. The first-order valence-corrected chi connectivity index (χ1v) is 10.2. The molecule has 0 saturated carbocycles. The standard InChI is InChI=1S/C22H30N2O5/c1-15(19(25)24-14-11-16-7-5-6-8-18(16)24)28-20(26)17-9-12-23(13-10-17)21(27)29-22(2,3)4/h5-8,15,17H,9-14H2,1-4H3/t15-/m0/s1. The van der Waals surface area contributed by atoms with Crippen molar-refractivity contribution >= 4 is 23.7 Å². The number of piperidine rings is 1. The van der Waals surface area contributed by atoms with Gasteiger partial charge in [0.15, 0.2) is 6.10 Å². The summed E-state index contributed by atoms with van der Waals surface area (Å²) in [6, 6.07) is 7.79. The van der Waals surface area contributed by atoms with Crippen molar-refractivity contribution in [2.75, 3.05) is 24.5 Å². The maximum Gasteiger partial charge on any atom is 0.410 e. The van der Waals surface area contributed by atoms with Crippen LogP contribution < -0.4 is 4.90 Å². The summed E-state index contributed by atoms with van der Waals surface area (Å²) in [4.78, 5) is 40.8. The fourth-order valence-corrected chi connectivity index (χ4v) is 3.73. The summed E-state index contributed by atoms with van der Waals surface area (Å²) >= 11 is 0. The van der Waals surface area contributed by atoms with Crippen molar-refractivity contribution in [3.8, 4) is 0 Å². The zero-order valence-electron chi connectivity index (χ0n) is 17.6. The van der Waals surface area contributed by atoms with Gasteiger partial charge in [0.05, 0.1) is 5.92 Å². The number of ether oxygens (including phenoxy) is 2. The minimum atomic E-state index is -0.836. The minimum Gasteiger partial charge on any atom is -0.452 e. The molecule has 0 unspecified atom stereocenters. The van der Waals surface area contributed by atoms with Gasteiger partial charge in [0.25, 0.3) is 5.91 Å². The van der Waals surface area contributed by atoms with Gasteiger partial charge in [-0.05, 0) is 58.6 Å². The van der Waals surface area contributed by atoms with Gasteiger partial charge in [-0.1, -0.05) is 18.2 Å². The summed E-state index contributed by atoms with van der Waals surface area (Å²) < 4.78 is 10.9. The number of anilines is 1. The molecule has 0 bridgehead atoms. The molecule has 0 aliphatic carbocycles. The minimum absolute atomic E-state index is 0.200. The molecule has 0 N–H and O–H groups in total. The van der Waals surface area contributed by atoms with Crippen molar-refractivity contribution in [1.82, 2.24) is 4.90 Å². The fourth-order valence-electron chi connectivity index (χ4n) is 3.73. The van der Waals surface area contributed by atoms with E-state index in [-0.39, 0.29) is 23.9 Å². The third-order valence-electron chi connectivity index (χ3n) is 5.27. The van der Waals surface area contributed by atoms with Crippen LogP contribution in [0.1, 0.15) is 46.1 Å². The van der Waals surface area contributed by atoms with Gasteiger partial charge in [0.2, 0.25) is 0 Å². The molecule has 158 valence electrons. The Morgan fingerprint density at radius 3 is 2.38 bits per heavy atom. The zero-order chi connectivity index (χ0) is 21.2. The third kappa shape index (κ3) is 5.08. The number of hydrogen-bond acceptors (Lipinski definition) is 5. The highest BCUT2D eigenvalue weighted by Crippen LogP contribution is 2.28. The number of amides is 2. The van der Waals surface area contributed by atoms with Crippen LogP contribution in [-0.4, -0.2) is 54.2 Å². The Balaban J connectivity index is 1.50. The number of hydrogen-bond donors (Lipinski definition) is 0. The summed E-state index contributed by atoms with van der Waals surface area (Å²) in [5.74, 6) is -0.883. The lowest BCUT2D eigenvalue weighted by Gasteiger charge is -2.33. The van der Waals surface area contributed by atoms with Crippen LogP contribution in [0.2, 0.25) is 0 Å². The lowest BCUT2D eigenvalue weighted by Crippen LogP contribution is -2.44. The van der Waals surface area contributed by atoms with E-state index in [0.717, 1.165) is 17.7 Å². The first kappa shape index (κ1) is 21.1. The molecule has 0 radical (unpaired) electrons. The van der Waals surface area contributed by atoms with Gasteiger partial charge in [-0.2, -0.15) is 0 Å². The SMILES string of the molecule is C[C@H](OC(=O)C1CCN(C(=O)OC(C)(C)C)CC1)C(=O)N1CCc2ccccc21. The second-order valence-electron chi connectivity index (χ2n) is 8.69. The molecule has 3 rings (SSSR count). The monoisotopic (exact) mass is 402 g/mol. The van der Waals surface area contributed by atoms with Crippen molar-refractivity contribution in [1.29, 1.82) is 0 Å². The lowest BCUT2D eigenvalue weighted by molar-refractivity contribution is -0.159. The Labute approximate surface area is 171 Å². The molecule has 29 heavy (non-hydrogen) atoms. The highest BCUT2D eigenvalue weighted by atomic mass is 16.6. The fraction of sp³-hybridized carbons (Fsp3) is 0.591. The van der Waals surface area contributed by atoms with E-state index in [0.29, 0.717) is 32.5 Å². The van der Waals surface area contributed by atoms with E-state index in [2.05, 4.69) is 0 Å². The van der Waals surface area contributed by atoms with E-state index in [4.69, 9.17) is 9.47 Å². The van der Waals surface area contributed by atoms with E-state index >= 15 is 0 Å². The van der Waals surface area contributed by atoms with Gasteiger partial charge in [0.1, 0.15) is 5.60 Å². The number of benzene rings is 1. The van der Waals surface area contributed by atoms with Crippen molar-refractivity contribution in [3.63, 3.8) is 0 Å². The Bertz CT molecular complexity index is 778. The molecule has 2 aliphatic heterocycles.